The molecular formula is C15H21FN2O. The summed E-state index contributed by atoms with van der Waals surface area (Å²) < 4.78 is 14.0. The predicted octanol–water partition coefficient (Wildman–Crippen LogP) is 2.34. The van der Waals surface area contributed by atoms with Crippen molar-refractivity contribution < 1.29 is 9.18 Å². The van der Waals surface area contributed by atoms with Gasteiger partial charge in [-0.05, 0) is 43.4 Å². The lowest BCUT2D eigenvalue weighted by molar-refractivity contribution is 0.0613. The summed E-state index contributed by atoms with van der Waals surface area (Å²) in [5.74, 6) is -0.611. The van der Waals surface area contributed by atoms with Crippen LogP contribution in [0.1, 0.15) is 35.7 Å². The highest BCUT2D eigenvalue weighted by Crippen LogP contribution is 2.30. The average Bonchev–Trinajstić information content (AvgIpc) is 2.42. The van der Waals surface area contributed by atoms with E-state index in [1.165, 1.54) is 0 Å². The van der Waals surface area contributed by atoms with Crippen LogP contribution >= 0.6 is 0 Å². The van der Waals surface area contributed by atoms with Crippen LogP contribution in [0, 0.1) is 18.2 Å². The maximum Gasteiger partial charge on any atom is 0.256 e. The SMILES string of the molecule is Cc1cccc(C(=O)N2CCC(C)(CN)CC2)c1F. The number of amides is 1. The number of piperidine rings is 1. The van der Waals surface area contributed by atoms with Gasteiger partial charge in [-0.25, -0.2) is 4.39 Å². The molecule has 0 bridgehead atoms. The first-order chi connectivity index (χ1) is 8.97. The maximum atomic E-state index is 14.0. The van der Waals surface area contributed by atoms with Gasteiger partial charge >= 0.3 is 0 Å². The molecule has 1 aliphatic heterocycles. The molecule has 1 saturated heterocycles. The molecule has 2 N–H and O–H groups in total. The zero-order valence-electron chi connectivity index (χ0n) is 11.6. The number of hydrogen-bond acceptors (Lipinski definition) is 2. The van der Waals surface area contributed by atoms with Gasteiger partial charge in [0, 0.05) is 13.1 Å². The first-order valence-electron chi connectivity index (χ1n) is 6.71. The lowest BCUT2D eigenvalue weighted by atomic mass is 9.80. The summed E-state index contributed by atoms with van der Waals surface area (Å²) in [5.41, 5.74) is 6.55. The fourth-order valence-electron chi connectivity index (χ4n) is 2.44. The standard InChI is InChI=1S/C15H21FN2O/c1-11-4-3-5-12(13(11)16)14(19)18-8-6-15(2,10-17)7-9-18/h3-5H,6-10,17H2,1-2H3. The van der Waals surface area contributed by atoms with Gasteiger partial charge in [-0.3, -0.25) is 4.79 Å². The Labute approximate surface area is 113 Å². The second-order valence-electron chi connectivity index (χ2n) is 5.74. The molecule has 3 nitrogen and oxygen atoms in total. The van der Waals surface area contributed by atoms with Gasteiger partial charge in [0.2, 0.25) is 0 Å². The van der Waals surface area contributed by atoms with Crippen molar-refractivity contribution in [2.75, 3.05) is 19.6 Å². The molecule has 2 rings (SSSR count). The van der Waals surface area contributed by atoms with Crippen molar-refractivity contribution in [3.05, 3.63) is 35.1 Å². The predicted molar refractivity (Wildman–Crippen MR) is 73.4 cm³/mol. The highest BCUT2D eigenvalue weighted by Gasteiger charge is 2.31. The Kier molecular flexibility index (Phi) is 3.90. The van der Waals surface area contributed by atoms with Gasteiger partial charge in [0.25, 0.3) is 5.91 Å². The lowest BCUT2D eigenvalue weighted by Crippen LogP contribution is -2.45. The summed E-state index contributed by atoms with van der Waals surface area (Å²) in [6.07, 6.45) is 1.76. The first-order valence-corrected chi connectivity index (χ1v) is 6.71. The second-order valence-corrected chi connectivity index (χ2v) is 5.74. The Balaban J connectivity index is 2.12. The number of nitrogens with two attached hydrogens (primary N) is 1. The van der Waals surface area contributed by atoms with Crippen molar-refractivity contribution >= 4 is 5.91 Å². The zero-order chi connectivity index (χ0) is 14.0. The quantitative estimate of drug-likeness (QED) is 0.891. The Morgan fingerprint density at radius 2 is 2.05 bits per heavy atom. The molecule has 0 saturated carbocycles. The first kappa shape index (κ1) is 14.0. The Morgan fingerprint density at radius 3 is 2.63 bits per heavy atom. The molecule has 1 fully saturated rings. The number of aryl methyl sites for hydroxylation is 1. The fraction of sp³-hybridized carbons (Fsp3) is 0.533. The summed E-state index contributed by atoms with van der Waals surface area (Å²) in [6, 6.07) is 4.95. The molecule has 0 aromatic heterocycles. The molecule has 104 valence electrons. The monoisotopic (exact) mass is 264 g/mol. The number of rotatable bonds is 2. The minimum absolute atomic E-state index is 0.113. The lowest BCUT2D eigenvalue weighted by Gasteiger charge is -2.38. The van der Waals surface area contributed by atoms with Crippen LogP contribution in [-0.2, 0) is 0 Å². The van der Waals surface area contributed by atoms with Crippen molar-refractivity contribution in [1.29, 1.82) is 0 Å². The van der Waals surface area contributed by atoms with Crippen molar-refractivity contribution in [1.82, 2.24) is 4.90 Å². The molecule has 1 aromatic rings. The maximum absolute atomic E-state index is 14.0. The summed E-state index contributed by atoms with van der Waals surface area (Å²) in [7, 11) is 0. The molecule has 0 unspecified atom stereocenters. The number of nitrogens with zero attached hydrogens (tertiary/aromatic N) is 1. The zero-order valence-corrected chi connectivity index (χ0v) is 11.6. The minimum Gasteiger partial charge on any atom is -0.339 e. The number of hydrogen-bond donors (Lipinski definition) is 1. The number of likely N-dealkylation sites (tertiary alicyclic amines) is 1. The number of halogens is 1. The summed E-state index contributed by atoms with van der Waals surface area (Å²) in [5, 5.41) is 0. The molecular weight excluding hydrogens is 243 g/mol. The van der Waals surface area contributed by atoms with E-state index >= 15 is 0 Å². The van der Waals surface area contributed by atoms with Gasteiger partial charge in [-0.2, -0.15) is 0 Å². The summed E-state index contributed by atoms with van der Waals surface area (Å²) in [6.45, 7) is 5.75. The van der Waals surface area contributed by atoms with Crippen LogP contribution in [0.25, 0.3) is 0 Å². The van der Waals surface area contributed by atoms with E-state index in [9.17, 15) is 9.18 Å². The Hall–Kier alpha value is -1.42. The van der Waals surface area contributed by atoms with Crippen LogP contribution in [0.2, 0.25) is 0 Å². The third-order valence-electron chi connectivity index (χ3n) is 4.17. The van der Waals surface area contributed by atoms with Gasteiger partial charge < -0.3 is 10.6 Å². The molecule has 4 heteroatoms. The van der Waals surface area contributed by atoms with Crippen molar-refractivity contribution in [3.63, 3.8) is 0 Å². The molecule has 0 radical (unpaired) electrons. The van der Waals surface area contributed by atoms with Crippen molar-refractivity contribution in [2.45, 2.75) is 26.7 Å². The van der Waals surface area contributed by atoms with E-state index in [0.717, 1.165) is 12.8 Å². The molecule has 19 heavy (non-hydrogen) atoms. The van der Waals surface area contributed by atoms with Gasteiger partial charge in [0.05, 0.1) is 5.56 Å². The van der Waals surface area contributed by atoms with Crippen LogP contribution in [0.5, 0.6) is 0 Å². The highest BCUT2D eigenvalue weighted by molar-refractivity contribution is 5.94. The van der Waals surface area contributed by atoms with Crippen LogP contribution in [-0.4, -0.2) is 30.4 Å². The van der Waals surface area contributed by atoms with Crippen molar-refractivity contribution in [2.24, 2.45) is 11.1 Å². The van der Waals surface area contributed by atoms with Crippen LogP contribution in [0.4, 0.5) is 4.39 Å². The van der Waals surface area contributed by atoms with Crippen LogP contribution in [0.15, 0.2) is 18.2 Å². The highest BCUT2D eigenvalue weighted by atomic mass is 19.1. The molecule has 1 aliphatic rings. The van der Waals surface area contributed by atoms with E-state index in [1.54, 1.807) is 30.0 Å². The number of carbonyl (C=O) groups is 1. The fourth-order valence-corrected chi connectivity index (χ4v) is 2.44. The molecule has 0 spiro atoms. The van der Waals surface area contributed by atoms with Gasteiger partial charge in [0.15, 0.2) is 0 Å². The van der Waals surface area contributed by atoms with E-state index in [1.807, 2.05) is 0 Å². The van der Waals surface area contributed by atoms with E-state index in [-0.39, 0.29) is 16.9 Å². The Bertz CT molecular complexity index is 479. The molecule has 1 amide bonds. The minimum atomic E-state index is -0.403. The molecule has 0 aliphatic carbocycles. The topological polar surface area (TPSA) is 46.3 Å². The normalized spacial score (nSPS) is 18.4. The van der Waals surface area contributed by atoms with Gasteiger partial charge in [-0.15, -0.1) is 0 Å². The smallest absolute Gasteiger partial charge is 0.256 e. The van der Waals surface area contributed by atoms with Crippen LogP contribution < -0.4 is 5.73 Å². The average molecular weight is 264 g/mol. The number of carbonyl (C=O) groups excluding carboxylic acids is 1. The third-order valence-corrected chi connectivity index (χ3v) is 4.17. The van der Waals surface area contributed by atoms with E-state index in [4.69, 9.17) is 5.73 Å². The van der Waals surface area contributed by atoms with Gasteiger partial charge in [0.1, 0.15) is 5.82 Å². The molecule has 1 aromatic carbocycles. The van der Waals surface area contributed by atoms with E-state index in [2.05, 4.69) is 6.92 Å². The third kappa shape index (κ3) is 2.78. The number of benzene rings is 1. The van der Waals surface area contributed by atoms with Gasteiger partial charge in [-0.1, -0.05) is 19.1 Å². The molecule has 1 heterocycles. The van der Waals surface area contributed by atoms with E-state index < -0.39 is 5.82 Å². The summed E-state index contributed by atoms with van der Waals surface area (Å²) >= 11 is 0. The Morgan fingerprint density at radius 1 is 1.42 bits per heavy atom. The van der Waals surface area contributed by atoms with E-state index in [0.29, 0.717) is 25.2 Å². The second kappa shape index (κ2) is 5.29. The van der Waals surface area contributed by atoms with Crippen molar-refractivity contribution in [3.8, 4) is 0 Å². The summed E-state index contributed by atoms with van der Waals surface area (Å²) in [4.78, 5) is 14.1. The molecule has 0 atom stereocenters. The largest absolute Gasteiger partial charge is 0.339 e. The van der Waals surface area contributed by atoms with Crippen LogP contribution in [0.3, 0.4) is 0 Å².